The zero-order valence-corrected chi connectivity index (χ0v) is 14.6. The summed E-state index contributed by atoms with van der Waals surface area (Å²) in [6.07, 6.45) is 4.21. The maximum Gasteiger partial charge on any atom is 0.255 e. The molecule has 0 bridgehead atoms. The summed E-state index contributed by atoms with van der Waals surface area (Å²) in [5, 5.41) is 3.47. The van der Waals surface area contributed by atoms with E-state index >= 15 is 0 Å². The fourth-order valence-corrected chi connectivity index (χ4v) is 3.09. The first-order chi connectivity index (χ1) is 12.2. The first-order valence-electron chi connectivity index (χ1n) is 8.26. The number of ether oxygens (including phenoxy) is 1. The van der Waals surface area contributed by atoms with Crippen molar-refractivity contribution in [3.8, 4) is 17.0 Å². The fraction of sp³-hybridized carbons (Fsp3) is 0.263. The Morgan fingerprint density at radius 1 is 1.32 bits per heavy atom. The summed E-state index contributed by atoms with van der Waals surface area (Å²) in [7, 11) is 1.62. The van der Waals surface area contributed by atoms with Crippen molar-refractivity contribution in [1.82, 2.24) is 14.7 Å². The minimum Gasteiger partial charge on any atom is -0.497 e. The average Bonchev–Trinajstić information content (AvgIpc) is 3.42. The van der Waals surface area contributed by atoms with Gasteiger partial charge >= 0.3 is 0 Å². The molecule has 2 heterocycles. The highest BCUT2D eigenvalue weighted by molar-refractivity contribution is 6.32. The minimum absolute atomic E-state index is 0.111. The number of aromatic nitrogens is 2. The van der Waals surface area contributed by atoms with Gasteiger partial charge in [-0.1, -0.05) is 11.6 Å². The maximum absolute atomic E-state index is 12.5. The number of carbonyl (C=O) groups excluding carboxylic acids is 1. The van der Waals surface area contributed by atoms with Crippen molar-refractivity contribution in [2.45, 2.75) is 12.8 Å². The average molecular weight is 356 g/mol. The molecule has 1 saturated carbocycles. The molecule has 5 nitrogen and oxygen atoms in total. The number of hydrogen-bond donors (Lipinski definition) is 1. The third kappa shape index (κ3) is 3.07. The van der Waals surface area contributed by atoms with Crippen LogP contribution in [0.1, 0.15) is 23.2 Å². The molecule has 0 unspecified atom stereocenters. The molecule has 1 amide bonds. The van der Waals surface area contributed by atoms with Gasteiger partial charge in [0, 0.05) is 18.3 Å². The van der Waals surface area contributed by atoms with E-state index in [2.05, 4.69) is 10.3 Å². The number of methoxy groups -OCH3 is 1. The number of amides is 1. The van der Waals surface area contributed by atoms with Crippen LogP contribution in [0.4, 0.5) is 0 Å². The van der Waals surface area contributed by atoms with E-state index in [1.165, 1.54) is 12.8 Å². The molecule has 0 spiro atoms. The van der Waals surface area contributed by atoms with Crippen LogP contribution in [-0.4, -0.2) is 28.9 Å². The highest BCUT2D eigenvalue weighted by Crippen LogP contribution is 2.31. The van der Waals surface area contributed by atoms with E-state index in [0.717, 1.165) is 17.9 Å². The van der Waals surface area contributed by atoms with Gasteiger partial charge < -0.3 is 10.1 Å². The summed E-state index contributed by atoms with van der Waals surface area (Å²) in [6, 6.07) is 11.1. The molecule has 4 rings (SSSR count). The minimum atomic E-state index is -0.111. The van der Waals surface area contributed by atoms with Gasteiger partial charge in [0.1, 0.15) is 16.6 Å². The van der Waals surface area contributed by atoms with E-state index in [9.17, 15) is 4.79 Å². The lowest BCUT2D eigenvalue weighted by atomic mass is 10.1. The number of benzene rings is 1. The summed E-state index contributed by atoms with van der Waals surface area (Å²) in [6.45, 7) is 0.722. The van der Waals surface area contributed by atoms with Crippen LogP contribution >= 0.6 is 11.6 Å². The quantitative estimate of drug-likeness (QED) is 0.757. The molecule has 1 aliphatic rings. The molecular formula is C19H18ClN3O2. The molecule has 1 aliphatic carbocycles. The molecule has 0 radical (unpaired) electrons. The van der Waals surface area contributed by atoms with Gasteiger partial charge in [-0.15, -0.1) is 0 Å². The highest BCUT2D eigenvalue weighted by Gasteiger charge is 2.23. The van der Waals surface area contributed by atoms with Crippen LogP contribution in [0.15, 0.2) is 42.6 Å². The van der Waals surface area contributed by atoms with Crippen molar-refractivity contribution in [1.29, 1.82) is 0 Å². The number of halogens is 1. The monoisotopic (exact) mass is 355 g/mol. The molecule has 1 aromatic carbocycles. The summed E-state index contributed by atoms with van der Waals surface area (Å²) in [5.41, 5.74) is 2.61. The normalized spacial score (nSPS) is 13.8. The van der Waals surface area contributed by atoms with Crippen molar-refractivity contribution in [3.63, 3.8) is 0 Å². The van der Waals surface area contributed by atoms with Gasteiger partial charge in [-0.2, -0.15) is 0 Å². The Bertz CT molecular complexity index is 930. The lowest BCUT2D eigenvalue weighted by Crippen LogP contribution is -2.26. The standard InChI is InChI=1S/C19H18ClN3O2/c1-25-14-8-6-13(7-9-14)16-17(20)23-10-2-3-15(18(23)22-16)19(24)21-11-12-4-5-12/h2-3,6-10,12H,4-5,11H2,1H3,(H,21,24). The molecule has 25 heavy (non-hydrogen) atoms. The van der Waals surface area contributed by atoms with Crippen LogP contribution in [0.3, 0.4) is 0 Å². The topological polar surface area (TPSA) is 55.6 Å². The van der Waals surface area contributed by atoms with Crippen molar-refractivity contribution in [2.75, 3.05) is 13.7 Å². The smallest absolute Gasteiger partial charge is 0.255 e. The number of pyridine rings is 1. The van der Waals surface area contributed by atoms with Gasteiger partial charge in [0.25, 0.3) is 5.91 Å². The highest BCUT2D eigenvalue weighted by atomic mass is 35.5. The number of fused-ring (bicyclic) bond motifs is 1. The largest absolute Gasteiger partial charge is 0.497 e. The van der Waals surface area contributed by atoms with Crippen LogP contribution < -0.4 is 10.1 Å². The molecule has 3 aromatic rings. The molecule has 6 heteroatoms. The Morgan fingerprint density at radius 3 is 2.76 bits per heavy atom. The number of nitrogens with zero attached hydrogens (tertiary/aromatic N) is 2. The van der Waals surface area contributed by atoms with E-state index in [-0.39, 0.29) is 5.91 Å². The van der Waals surface area contributed by atoms with E-state index in [1.54, 1.807) is 17.6 Å². The molecule has 1 fully saturated rings. The fourth-order valence-electron chi connectivity index (χ4n) is 2.80. The van der Waals surface area contributed by atoms with Crippen molar-refractivity contribution < 1.29 is 9.53 Å². The lowest BCUT2D eigenvalue weighted by molar-refractivity contribution is 0.0953. The zero-order valence-electron chi connectivity index (χ0n) is 13.8. The first kappa shape index (κ1) is 16.0. The van der Waals surface area contributed by atoms with Crippen LogP contribution in [0.5, 0.6) is 5.75 Å². The Kier molecular flexibility index (Phi) is 4.09. The van der Waals surface area contributed by atoms with E-state index in [1.807, 2.05) is 36.5 Å². The van der Waals surface area contributed by atoms with E-state index in [4.69, 9.17) is 16.3 Å². The summed E-state index contributed by atoms with van der Waals surface area (Å²) >= 11 is 6.52. The Morgan fingerprint density at radius 2 is 2.08 bits per heavy atom. The number of rotatable bonds is 5. The molecular weight excluding hydrogens is 338 g/mol. The van der Waals surface area contributed by atoms with Gasteiger partial charge in [0.05, 0.1) is 12.7 Å². The van der Waals surface area contributed by atoms with Crippen LogP contribution in [0.2, 0.25) is 5.15 Å². The molecule has 0 aliphatic heterocycles. The van der Waals surface area contributed by atoms with Crippen LogP contribution in [0.25, 0.3) is 16.9 Å². The SMILES string of the molecule is COc1ccc(-c2nc3c(C(=O)NCC4CC4)cccn3c2Cl)cc1. The van der Waals surface area contributed by atoms with Gasteiger partial charge in [-0.05, 0) is 55.2 Å². The second-order valence-corrected chi connectivity index (χ2v) is 6.61. The molecule has 2 aromatic heterocycles. The predicted molar refractivity (Wildman–Crippen MR) is 97.2 cm³/mol. The van der Waals surface area contributed by atoms with E-state index in [0.29, 0.717) is 28.0 Å². The van der Waals surface area contributed by atoms with E-state index < -0.39 is 0 Å². The van der Waals surface area contributed by atoms with Gasteiger partial charge in [0.15, 0.2) is 5.65 Å². The van der Waals surface area contributed by atoms with Crippen LogP contribution in [-0.2, 0) is 0 Å². The summed E-state index contributed by atoms with van der Waals surface area (Å²) in [5.74, 6) is 1.28. The molecule has 128 valence electrons. The second kappa shape index (κ2) is 6.41. The number of carbonyl (C=O) groups is 1. The number of nitrogens with one attached hydrogen (secondary N) is 1. The van der Waals surface area contributed by atoms with Crippen molar-refractivity contribution in [3.05, 3.63) is 53.3 Å². The lowest BCUT2D eigenvalue weighted by Gasteiger charge is -2.05. The molecule has 1 N–H and O–H groups in total. The zero-order chi connectivity index (χ0) is 17.4. The van der Waals surface area contributed by atoms with Gasteiger partial charge in [-0.25, -0.2) is 4.98 Å². The third-order valence-corrected chi connectivity index (χ3v) is 4.81. The maximum atomic E-state index is 12.5. The third-order valence-electron chi connectivity index (χ3n) is 4.45. The first-order valence-corrected chi connectivity index (χ1v) is 8.64. The van der Waals surface area contributed by atoms with Gasteiger partial charge in [-0.3, -0.25) is 9.20 Å². The predicted octanol–water partition coefficient (Wildman–Crippen LogP) is 3.80. The van der Waals surface area contributed by atoms with Crippen LogP contribution in [0, 0.1) is 5.92 Å². The Labute approximate surface area is 150 Å². The Hall–Kier alpha value is -2.53. The second-order valence-electron chi connectivity index (χ2n) is 6.25. The Balaban J connectivity index is 1.72. The van der Waals surface area contributed by atoms with Crippen molar-refractivity contribution >= 4 is 23.2 Å². The summed E-state index contributed by atoms with van der Waals surface area (Å²) in [4.78, 5) is 17.1. The van der Waals surface area contributed by atoms with Crippen molar-refractivity contribution in [2.24, 2.45) is 5.92 Å². The molecule has 0 saturated heterocycles. The number of imidazole rings is 1. The molecule has 0 atom stereocenters. The van der Waals surface area contributed by atoms with Gasteiger partial charge in [0.2, 0.25) is 0 Å². The summed E-state index contributed by atoms with van der Waals surface area (Å²) < 4.78 is 6.93. The number of hydrogen-bond acceptors (Lipinski definition) is 3.